The van der Waals surface area contributed by atoms with Crippen LogP contribution in [0.3, 0.4) is 0 Å². The van der Waals surface area contributed by atoms with E-state index in [1.165, 1.54) is 20.5 Å². The Hall–Kier alpha value is -1.89. The quantitative estimate of drug-likeness (QED) is 0.784. The molecule has 0 saturated heterocycles. The number of rotatable bonds is 7. The van der Waals surface area contributed by atoms with Crippen molar-refractivity contribution < 1.29 is 19.4 Å². The highest BCUT2D eigenvalue weighted by Gasteiger charge is 2.38. The van der Waals surface area contributed by atoms with Crippen LogP contribution in [0.2, 0.25) is 0 Å². The number of hydrogen-bond acceptors (Lipinski definition) is 5. The number of nitrogens with zero attached hydrogens (tertiary/aromatic N) is 1. The van der Waals surface area contributed by atoms with Crippen molar-refractivity contribution in [1.82, 2.24) is 4.90 Å². The van der Waals surface area contributed by atoms with Crippen molar-refractivity contribution in [3.05, 3.63) is 47.0 Å². The molecule has 0 spiro atoms. The van der Waals surface area contributed by atoms with E-state index in [4.69, 9.17) is 9.47 Å². The molecule has 2 aromatic rings. The summed E-state index contributed by atoms with van der Waals surface area (Å²) in [4.78, 5) is 14.1. The first-order valence-electron chi connectivity index (χ1n) is 9.35. The zero-order valence-electron chi connectivity index (χ0n) is 16.1. The second kappa shape index (κ2) is 8.87. The Bertz CT molecular complexity index is 813. The number of hydrogen-bond donors (Lipinski definition) is 1. The Balaban J connectivity index is 2.07. The van der Waals surface area contributed by atoms with Crippen LogP contribution in [0.15, 0.2) is 41.5 Å². The third kappa shape index (κ3) is 4.18. The molecule has 1 aliphatic rings. The summed E-state index contributed by atoms with van der Waals surface area (Å²) >= 11 is 1.71. The van der Waals surface area contributed by atoms with Crippen molar-refractivity contribution in [3.63, 3.8) is 0 Å². The van der Waals surface area contributed by atoms with Crippen LogP contribution >= 0.6 is 11.3 Å². The smallest absolute Gasteiger partial charge is 0.288 e. The maximum atomic E-state index is 12.6. The van der Waals surface area contributed by atoms with E-state index in [-0.39, 0.29) is 24.3 Å². The van der Waals surface area contributed by atoms with E-state index in [9.17, 15) is 9.90 Å². The summed E-state index contributed by atoms with van der Waals surface area (Å²) in [6.07, 6.45) is 2.86. The Morgan fingerprint density at radius 3 is 2.81 bits per heavy atom. The largest absolute Gasteiger partial charge is 0.459 e. The fourth-order valence-corrected chi connectivity index (χ4v) is 4.60. The first-order chi connectivity index (χ1) is 13.1. The molecule has 0 saturated carbocycles. The van der Waals surface area contributed by atoms with Gasteiger partial charge in [0.2, 0.25) is 6.29 Å². The van der Waals surface area contributed by atoms with Gasteiger partial charge in [-0.3, -0.25) is 4.79 Å². The van der Waals surface area contributed by atoms with Gasteiger partial charge in [-0.05, 0) is 48.2 Å². The molecule has 146 valence electrons. The summed E-state index contributed by atoms with van der Waals surface area (Å²) in [7, 11) is 3.43. The van der Waals surface area contributed by atoms with Crippen LogP contribution in [0.4, 0.5) is 0 Å². The van der Waals surface area contributed by atoms with Gasteiger partial charge in [-0.25, -0.2) is 0 Å². The molecule has 1 aromatic heterocycles. The van der Waals surface area contributed by atoms with Gasteiger partial charge in [-0.1, -0.05) is 18.2 Å². The summed E-state index contributed by atoms with van der Waals surface area (Å²) < 4.78 is 13.1. The molecular formula is C21H27NO4S. The molecule has 5 nitrogen and oxygen atoms in total. The van der Waals surface area contributed by atoms with Gasteiger partial charge in [0.1, 0.15) is 0 Å². The van der Waals surface area contributed by atoms with E-state index in [2.05, 4.69) is 17.5 Å². The maximum absolute atomic E-state index is 12.6. The molecule has 0 fully saturated rings. The van der Waals surface area contributed by atoms with Crippen LogP contribution in [0.1, 0.15) is 31.2 Å². The van der Waals surface area contributed by atoms with Crippen molar-refractivity contribution in [1.29, 1.82) is 0 Å². The van der Waals surface area contributed by atoms with Gasteiger partial charge in [-0.15, -0.1) is 11.3 Å². The van der Waals surface area contributed by atoms with Gasteiger partial charge in [0, 0.05) is 43.8 Å². The lowest BCUT2D eigenvalue weighted by molar-refractivity contribution is -0.169. The Morgan fingerprint density at radius 2 is 2.11 bits per heavy atom. The average Bonchev–Trinajstić information content (AvgIpc) is 3.10. The molecule has 0 aliphatic carbocycles. The van der Waals surface area contributed by atoms with Crippen LogP contribution in [-0.2, 0) is 14.3 Å². The summed E-state index contributed by atoms with van der Waals surface area (Å²) in [5.41, 5.74) is 1.19. The number of likely N-dealkylation sites (N-methyl/N-ethyl adjacent to an activating group) is 1. The molecule has 0 bridgehead atoms. The number of fused-ring (bicyclic) bond motifs is 1. The van der Waals surface area contributed by atoms with Crippen molar-refractivity contribution in [3.8, 4) is 0 Å². The van der Waals surface area contributed by atoms with Crippen molar-refractivity contribution in [2.45, 2.75) is 32.0 Å². The van der Waals surface area contributed by atoms with E-state index >= 15 is 0 Å². The Kier molecular flexibility index (Phi) is 6.52. The standard InChI is InChI=1S/C21H27NO4S/c1-4-25-21-15(9-7-11-23)16(12-18(26-21)20(24)22(2)3)17-13-27-19-10-6-5-8-14(17)19/h5-6,8,10,12-13,15-16,21,23H,4,7,9,11H2,1-3H3/t15-,16-,21+/m1/s1. The molecule has 6 heteroatoms. The molecule has 1 aromatic carbocycles. The average molecular weight is 390 g/mol. The second-order valence-electron chi connectivity index (χ2n) is 6.91. The van der Waals surface area contributed by atoms with Crippen molar-refractivity contribution in [2.75, 3.05) is 27.3 Å². The fourth-order valence-electron chi connectivity index (χ4n) is 3.59. The number of carbonyl (C=O) groups excluding carboxylic acids is 1. The van der Waals surface area contributed by atoms with E-state index in [0.717, 1.165) is 6.42 Å². The number of allylic oxidation sites excluding steroid dienone is 1. The highest BCUT2D eigenvalue weighted by molar-refractivity contribution is 7.17. The number of carbonyl (C=O) groups is 1. The molecule has 3 rings (SSSR count). The topological polar surface area (TPSA) is 59.0 Å². The molecular weight excluding hydrogens is 362 g/mol. The fraction of sp³-hybridized carbons (Fsp3) is 0.476. The predicted molar refractivity (Wildman–Crippen MR) is 108 cm³/mol. The third-order valence-corrected chi connectivity index (χ3v) is 5.88. The summed E-state index contributed by atoms with van der Waals surface area (Å²) in [6.45, 7) is 2.55. The second-order valence-corrected chi connectivity index (χ2v) is 7.83. The highest BCUT2D eigenvalue weighted by Crippen LogP contribution is 2.43. The monoisotopic (exact) mass is 389 g/mol. The Morgan fingerprint density at radius 1 is 1.33 bits per heavy atom. The zero-order valence-corrected chi connectivity index (χ0v) is 16.9. The van der Waals surface area contributed by atoms with Crippen molar-refractivity contribution in [2.24, 2.45) is 5.92 Å². The molecule has 0 radical (unpaired) electrons. The molecule has 1 amide bonds. The lowest BCUT2D eigenvalue weighted by Crippen LogP contribution is -2.38. The third-order valence-electron chi connectivity index (χ3n) is 4.90. The number of benzene rings is 1. The molecule has 27 heavy (non-hydrogen) atoms. The lowest BCUT2D eigenvalue weighted by atomic mass is 9.80. The molecule has 1 aliphatic heterocycles. The maximum Gasteiger partial charge on any atom is 0.288 e. The van der Waals surface area contributed by atoms with Crippen LogP contribution in [0, 0.1) is 5.92 Å². The van der Waals surface area contributed by atoms with Gasteiger partial charge in [0.05, 0.1) is 0 Å². The number of aliphatic hydroxyl groups is 1. The van der Waals surface area contributed by atoms with Crippen LogP contribution in [0.25, 0.3) is 10.1 Å². The number of ether oxygens (including phenoxy) is 2. The van der Waals surface area contributed by atoms with Gasteiger partial charge < -0.3 is 19.5 Å². The minimum absolute atomic E-state index is 0.00287. The number of aliphatic hydroxyl groups excluding tert-OH is 1. The number of amides is 1. The lowest BCUT2D eigenvalue weighted by Gasteiger charge is -2.37. The van der Waals surface area contributed by atoms with Crippen LogP contribution < -0.4 is 0 Å². The SMILES string of the molecule is CCO[C@H]1OC(C(=O)N(C)C)=C[C@@H](c2csc3ccccc23)[C@H]1CCCO. The van der Waals surface area contributed by atoms with Crippen LogP contribution in [-0.4, -0.2) is 49.5 Å². The molecule has 3 atom stereocenters. The minimum Gasteiger partial charge on any atom is -0.459 e. The molecule has 2 heterocycles. The van der Waals surface area contributed by atoms with E-state index in [1.54, 1.807) is 25.4 Å². The summed E-state index contributed by atoms with van der Waals surface area (Å²) in [6, 6.07) is 8.31. The minimum atomic E-state index is -0.505. The first-order valence-corrected chi connectivity index (χ1v) is 10.2. The van der Waals surface area contributed by atoms with Gasteiger partial charge in [0.25, 0.3) is 5.91 Å². The summed E-state index contributed by atoms with van der Waals surface area (Å²) in [5, 5.41) is 12.7. The van der Waals surface area contributed by atoms with E-state index < -0.39 is 6.29 Å². The normalized spacial score (nSPS) is 22.4. The van der Waals surface area contributed by atoms with E-state index in [1.807, 2.05) is 25.1 Å². The van der Waals surface area contributed by atoms with Gasteiger partial charge in [0.15, 0.2) is 5.76 Å². The predicted octanol–water partition coefficient (Wildman–Crippen LogP) is 3.74. The van der Waals surface area contributed by atoms with Crippen LogP contribution in [0.5, 0.6) is 0 Å². The molecule has 0 unspecified atom stereocenters. The van der Waals surface area contributed by atoms with Gasteiger partial charge >= 0.3 is 0 Å². The van der Waals surface area contributed by atoms with Crippen molar-refractivity contribution >= 4 is 27.3 Å². The molecule has 1 N–H and O–H groups in total. The first kappa shape index (κ1) is 19.9. The van der Waals surface area contributed by atoms with Gasteiger partial charge in [-0.2, -0.15) is 0 Å². The Labute approximate surface area is 164 Å². The number of thiophene rings is 1. The highest BCUT2D eigenvalue weighted by atomic mass is 32.1. The zero-order chi connectivity index (χ0) is 19.4. The summed E-state index contributed by atoms with van der Waals surface area (Å²) in [5.74, 6) is 0.203. The van der Waals surface area contributed by atoms with E-state index in [0.29, 0.717) is 18.8 Å².